The van der Waals surface area contributed by atoms with Gasteiger partial charge >= 0.3 is 0 Å². The fraction of sp³-hybridized carbons (Fsp3) is 0.571. The minimum Gasteiger partial charge on any atom is -0.399 e. The zero-order valence-corrected chi connectivity index (χ0v) is 12.8. The summed E-state index contributed by atoms with van der Waals surface area (Å²) in [4.78, 5) is 0.306. The highest BCUT2D eigenvalue weighted by molar-refractivity contribution is 7.89. The summed E-state index contributed by atoms with van der Waals surface area (Å²) in [6.07, 6.45) is 2.57. The average Bonchev–Trinajstić information content (AvgIpc) is 2.91. The number of anilines is 1. The summed E-state index contributed by atoms with van der Waals surface area (Å²) >= 11 is 0. The van der Waals surface area contributed by atoms with E-state index in [4.69, 9.17) is 10.5 Å². The molecule has 1 aromatic rings. The van der Waals surface area contributed by atoms with E-state index in [-0.39, 0.29) is 6.10 Å². The monoisotopic (exact) mass is 298 g/mol. The quantitative estimate of drug-likeness (QED) is 0.839. The number of rotatable bonds is 5. The first-order chi connectivity index (χ1) is 9.45. The minimum absolute atomic E-state index is 0.000843. The van der Waals surface area contributed by atoms with Crippen molar-refractivity contribution < 1.29 is 13.2 Å². The summed E-state index contributed by atoms with van der Waals surface area (Å²) in [6.45, 7) is 3.04. The Morgan fingerprint density at radius 1 is 1.45 bits per heavy atom. The van der Waals surface area contributed by atoms with Gasteiger partial charge in [0.2, 0.25) is 10.0 Å². The van der Waals surface area contributed by atoms with Gasteiger partial charge in [0.25, 0.3) is 0 Å². The second-order valence-electron chi connectivity index (χ2n) is 5.14. The largest absolute Gasteiger partial charge is 0.399 e. The van der Waals surface area contributed by atoms with Gasteiger partial charge in [-0.15, -0.1) is 0 Å². The molecular formula is C14H22N2O3S. The Morgan fingerprint density at radius 3 is 2.80 bits per heavy atom. The predicted molar refractivity (Wildman–Crippen MR) is 79.0 cm³/mol. The molecule has 1 atom stereocenters. The van der Waals surface area contributed by atoms with Gasteiger partial charge in [-0.05, 0) is 37.0 Å². The van der Waals surface area contributed by atoms with E-state index < -0.39 is 10.0 Å². The number of ether oxygens (including phenoxy) is 1. The number of nitrogen functional groups attached to an aromatic ring is 1. The molecule has 2 rings (SSSR count). The summed E-state index contributed by atoms with van der Waals surface area (Å²) in [7, 11) is -1.92. The van der Waals surface area contributed by atoms with Crippen molar-refractivity contribution in [1.82, 2.24) is 4.31 Å². The molecule has 0 aromatic heterocycles. The Balaban J connectivity index is 2.26. The molecule has 1 aromatic carbocycles. The highest BCUT2D eigenvalue weighted by Crippen LogP contribution is 2.24. The van der Waals surface area contributed by atoms with Crippen molar-refractivity contribution in [1.29, 1.82) is 0 Å². The maximum Gasteiger partial charge on any atom is 0.243 e. The van der Waals surface area contributed by atoms with Gasteiger partial charge in [-0.25, -0.2) is 8.42 Å². The molecule has 0 amide bonds. The lowest BCUT2D eigenvalue weighted by molar-refractivity contribution is 0.0979. The normalized spacial score (nSPS) is 19.6. The van der Waals surface area contributed by atoms with Crippen LogP contribution < -0.4 is 5.73 Å². The van der Waals surface area contributed by atoms with Crippen molar-refractivity contribution in [2.75, 3.05) is 25.9 Å². The lowest BCUT2D eigenvalue weighted by Gasteiger charge is -2.22. The molecule has 0 bridgehead atoms. The molecule has 0 saturated carbocycles. The first-order valence-corrected chi connectivity index (χ1v) is 8.35. The molecule has 112 valence electrons. The van der Waals surface area contributed by atoms with Gasteiger partial charge in [0.05, 0.1) is 11.0 Å². The Labute approximate surface area is 120 Å². The summed E-state index contributed by atoms with van der Waals surface area (Å²) in [5, 5.41) is 0. The molecule has 1 aliphatic heterocycles. The van der Waals surface area contributed by atoms with Crippen LogP contribution in [0.5, 0.6) is 0 Å². The average molecular weight is 298 g/mol. The molecule has 20 heavy (non-hydrogen) atoms. The van der Waals surface area contributed by atoms with Crippen molar-refractivity contribution in [3.8, 4) is 0 Å². The summed E-state index contributed by atoms with van der Waals surface area (Å²) < 4.78 is 32.2. The van der Waals surface area contributed by atoms with Gasteiger partial charge in [-0.3, -0.25) is 0 Å². The van der Waals surface area contributed by atoms with Gasteiger partial charge in [-0.1, -0.05) is 13.0 Å². The summed E-state index contributed by atoms with van der Waals surface area (Å²) in [6, 6.07) is 5.06. The van der Waals surface area contributed by atoms with Crippen molar-refractivity contribution in [2.45, 2.75) is 37.2 Å². The molecule has 1 fully saturated rings. The van der Waals surface area contributed by atoms with Crippen LogP contribution in [0.25, 0.3) is 0 Å². The van der Waals surface area contributed by atoms with Crippen molar-refractivity contribution >= 4 is 15.7 Å². The number of sulfonamides is 1. The van der Waals surface area contributed by atoms with Gasteiger partial charge in [0.15, 0.2) is 0 Å². The topological polar surface area (TPSA) is 72.6 Å². The molecule has 0 radical (unpaired) electrons. The first kappa shape index (κ1) is 15.3. The lowest BCUT2D eigenvalue weighted by atomic mass is 10.1. The van der Waals surface area contributed by atoms with Crippen molar-refractivity contribution in [2.24, 2.45) is 0 Å². The molecule has 0 spiro atoms. The Hall–Kier alpha value is -1.11. The van der Waals surface area contributed by atoms with Crippen LogP contribution in [0, 0.1) is 0 Å². The van der Waals surface area contributed by atoms with Crippen LogP contribution in [0.1, 0.15) is 25.3 Å². The van der Waals surface area contributed by atoms with E-state index in [1.807, 2.05) is 6.92 Å². The van der Waals surface area contributed by atoms with Gasteiger partial charge in [0, 0.05) is 25.9 Å². The number of aryl methyl sites for hydroxylation is 1. The van der Waals surface area contributed by atoms with Crippen LogP contribution in [0.15, 0.2) is 23.1 Å². The molecular weight excluding hydrogens is 276 g/mol. The highest BCUT2D eigenvalue weighted by Gasteiger charge is 2.27. The zero-order valence-electron chi connectivity index (χ0n) is 12.0. The third-order valence-electron chi connectivity index (χ3n) is 3.65. The number of benzene rings is 1. The fourth-order valence-corrected chi connectivity index (χ4v) is 3.97. The molecule has 2 N–H and O–H groups in total. The Kier molecular flexibility index (Phi) is 4.67. The predicted octanol–water partition coefficient (Wildman–Crippen LogP) is 1.63. The van der Waals surface area contributed by atoms with Crippen molar-refractivity contribution in [3.63, 3.8) is 0 Å². The van der Waals surface area contributed by atoms with Gasteiger partial charge in [0.1, 0.15) is 0 Å². The standard InChI is InChI=1S/C14H22N2O3S/c1-3-11-6-7-12(15)9-14(11)20(17,18)16(2)10-13-5-4-8-19-13/h6-7,9,13H,3-5,8,10,15H2,1-2H3. The lowest BCUT2D eigenvalue weighted by Crippen LogP contribution is -2.34. The first-order valence-electron chi connectivity index (χ1n) is 6.91. The van der Waals surface area contributed by atoms with Crippen molar-refractivity contribution in [3.05, 3.63) is 23.8 Å². The van der Waals surface area contributed by atoms with Crippen LogP contribution in [0.2, 0.25) is 0 Å². The highest BCUT2D eigenvalue weighted by atomic mass is 32.2. The third kappa shape index (κ3) is 3.13. The van der Waals surface area contributed by atoms with E-state index in [9.17, 15) is 8.42 Å². The maximum atomic E-state index is 12.7. The number of nitrogens with zero attached hydrogens (tertiary/aromatic N) is 1. The van der Waals surface area contributed by atoms with E-state index >= 15 is 0 Å². The molecule has 1 heterocycles. The van der Waals surface area contributed by atoms with Crippen LogP contribution in [-0.4, -0.2) is 39.0 Å². The Bertz CT molecular complexity index is 566. The summed E-state index contributed by atoms with van der Waals surface area (Å²) in [5.74, 6) is 0. The van der Waals surface area contributed by atoms with E-state index in [1.165, 1.54) is 4.31 Å². The van der Waals surface area contributed by atoms with Crippen LogP contribution in [-0.2, 0) is 21.2 Å². The number of likely N-dealkylation sites (N-methyl/N-ethyl adjacent to an activating group) is 1. The molecule has 6 heteroatoms. The Morgan fingerprint density at radius 2 is 2.20 bits per heavy atom. The zero-order chi connectivity index (χ0) is 14.8. The molecule has 1 aliphatic rings. The number of nitrogens with two attached hydrogens (primary N) is 1. The fourth-order valence-electron chi connectivity index (χ4n) is 2.44. The number of hydrogen-bond acceptors (Lipinski definition) is 4. The smallest absolute Gasteiger partial charge is 0.243 e. The maximum absolute atomic E-state index is 12.7. The molecule has 0 aliphatic carbocycles. The van der Waals surface area contributed by atoms with Gasteiger partial charge in [-0.2, -0.15) is 4.31 Å². The molecule has 1 unspecified atom stereocenters. The van der Waals surface area contributed by atoms with E-state index in [1.54, 1.807) is 25.2 Å². The van der Waals surface area contributed by atoms with E-state index in [2.05, 4.69) is 0 Å². The second kappa shape index (κ2) is 6.11. The third-order valence-corrected chi connectivity index (χ3v) is 5.55. The minimum atomic E-state index is -3.52. The SMILES string of the molecule is CCc1ccc(N)cc1S(=O)(=O)N(C)CC1CCCO1. The van der Waals surface area contributed by atoms with E-state index in [0.717, 1.165) is 25.0 Å². The second-order valence-corrected chi connectivity index (χ2v) is 7.15. The van der Waals surface area contributed by atoms with Crippen LogP contribution >= 0.6 is 0 Å². The van der Waals surface area contributed by atoms with E-state index in [0.29, 0.717) is 23.5 Å². The molecule has 1 saturated heterocycles. The van der Waals surface area contributed by atoms with Crippen LogP contribution in [0.4, 0.5) is 5.69 Å². The number of hydrogen-bond donors (Lipinski definition) is 1. The van der Waals surface area contributed by atoms with Gasteiger partial charge < -0.3 is 10.5 Å². The molecule has 5 nitrogen and oxygen atoms in total. The summed E-state index contributed by atoms with van der Waals surface area (Å²) in [5.41, 5.74) is 6.99. The van der Waals surface area contributed by atoms with Crippen LogP contribution in [0.3, 0.4) is 0 Å².